The van der Waals surface area contributed by atoms with Gasteiger partial charge in [0.2, 0.25) is 11.6 Å². The maximum Gasteiger partial charge on any atom is 0.215 e. The van der Waals surface area contributed by atoms with E-state index in [1.54, 1.807) is 0 Å². The molecular formula is C16H12N4. The first-order chi connectivity index (χ1) is 9.81. The quantitative estimate of drug-likeness (QED) is 0.393. The Kier molecular flexibility index (Phi) is 2.23. The molecule has 20 heavy (non-hydrogen) atoms. The normalized spacial score (nSPS) is 11.2. The van der Waals surface area contributed by atoms with Gasteiger partial charge in [-0.05, 0) is 12.1 Å². The Hall–Kier alpha value is -2.88. The van der Waals surface area contributed by atoms with Gasteiger partial charge in [-0.25, -0.2) is 0 Å². The van der Waals surface area contributed by atoms with Crippen molar-refractivity contribution in [2.45, 2.75) is 0 Å². The Bertz CT molecular complexity index is 788. The molecule has 0 saturated carbocycles. The average molecular weight is 260 g/mol. The third-order valence-corrected chi connectivity index (χ3v) is 3.49. The van der Waals surface area contributed by atoms with E-state index >= 15 is 0 Å². The molecule has 0 saturated heterocycles. The molecule has 0 spiro atoms. The van der Waals surface area contributed by atoms with Crippen molar-refractivity contribution >= 4 is 33.4 Å². The Balaban J connectivity index is 1.82. The van der Waals surface area contributed by atoms with Crippen LogP contribution >= 0.6 is 0 Å². The first-order valence-electron chi connectivity index (χ1n) is 6.46. The second-order valence-corrected chi connectivity index (χ2v) is 4.80. The summed E-state index contributed by atoms with van der Waals surface area (Å²) in [7, 11) is 0. The molecule has 4 aromatic rings. The molecule has 2 N–H and O–H groups in total. The van der Waals surface area contributed by atoms with E-state index in [9.17, 15) is 5.53 Å². The fraction of sp³-hybridized carbons (Fsp3) is 0. The van der Waals surface area contributed by atoms with Crippen molar-refractivity contribution in [2.75, 3.05) is 0 Å². The number of hydrogen-bond donors (Lipinski definition) is 2. The average Bonchev–Trinajstić information content (AvgIpc) is 3.10. The molecule has 0 radical (unpaired) electrons. The first-order valence-corrected chi connectivity index (χ1v) is 6.46. The highest BCUT2D eigenvalue weighted by molar-refractivity contribution is 5.85. The standard InChI is InChI=1S/C16H12N4/c17-20(15-9-11-5-1-3-7-13(11)18-15)16-10-12-6-2-4-8-14(12)19-16/h1-10,18-19H. The molecular weight excluding hydrogens is 248 g/mol. The summed E-state index contributed by atoms with van der Waals surface area (Å²) in [5.41, 5.74) is 12.4. The lowest BCUT2D eigenvalue weighted by Gasteiger charge is -2.05. The SMILES string of the molecule is [N-]=[N+](c1cc2ccccc2[nH]1)c1cc2ccccc2[nH]1. The van der Waals surface area contributed by atoms with Crippen LogP contribution in [0.2, 0.25) is 0 Å². The van der Waals surface area contributed by atoms with Crippen LogP contribution < -0.4 is 4.70 Å². The zero-order valence-corrected chi connectivity index (χ0v) is 10.7. The number of aromatic amines is 2. The summed E-state index contributed by atoms with van der Waals surface area (Å²) in [4.78, 5) is 6.39. The van der Waals surface area contributed by atoms with Crippen molar-refractivity contribution in [3.05, 3.63) is 66.2 Å². The summed E-state index contributed by atoms with van der Waals surface area (Å²) in [5.74, 6) is 1.27. The minimum Gasteiger partial charge on any atom is -0.642 e. The Morgan fingerprint density at radius 1 is 0.700 bits per heavy atom. The second kappa shape index (κ2) is 4.06. The molecule has 2 aromatic heterocycles. The highest BCUT2D eigenvalue weighted by atomic mass is 15.3. The maximum absolute atomic E-state index is 10.4. The van der Waals surface area contributed by atoms with Crippen LogP contribution in [0, 0.1) is 0 Å². The minimum absolute atomic E-state index is 0.637. The van der Waals surface area contributed by atoms with E-state index in [0.29, 0.717) is 11.6 Å². The van der Waals surface area contributed by atoms with Crippen molar-refractivity contribution in [1.29, 1.82) is 0 Å². The Labute approximate surface area is 115 Å². The van der Waals surface area contributed by atoms with E-state index in [2.05, 4.69) is 9.97 Å². The highest BCUT2D eigenvalue weighted by Crippen LogP contribution is 2.26. The second-order valence-electron chi connectivity index (χ2n) is 4.80. The van der Waals surface area contributed by atoms with Gasteiger partial charge in [0.25, 0.3) is 0 Å². The van der Waals surface area contributed by atoms with E-state index in [1.165, 1.54) is 0 Å². The topological polar surface area (TPSA) is 56.9 Å². The number of fused-ring (bicyclic) bond motifs is 2. The van der Waals surface area contributed by atoms with Crippen LogP contribution in [0.25, 0.3) is 27.3 Å². The van der Waals surface area contributed by atoms with Crippen LogP contribution in [0.3, 0.4) is 0 Å². The van der Waals surface area contributed by atoms with Gasteiger partial charge in [-0.1, -0.05) is 36.4 Å². The number of para-hydroxylation sites is 2. The minimum atomic E-state index is 0.637. The molecule has 2 heterocycles. The summed E-state index contributed by atoms with van der Waals surface area (Å²) in [5, 5.41) is 2.13. The van der Waals surface area contributed by atoms with E-state index < -0.39 is 0 Å². The summed E-state index contributed by atoms with van der Waals surface area (Å²) < 4.78 is 1.14. The summed E-state index contributed by atoms with van der Waals surface area (Å²) in [6.45, 7) is 0. The van der Waals surface area contributed by atoms with Gasteiger partial charge in [0.1, 0.15) is 11.0 Å². The molecule has 0 fully saturated rings. The Morgan fingerprint density at radius 3 is 1.60 bits per heavy atom. The number of rotatable bonds is 2. The summed E-state index contributed by atoms with van der Waals surface area (Å²) >= 11 is 0. The smallest absolute Gasteiger partial charge is 0.215 e. The molecule has 2 aromatic carbocycles. The fourth-order valence-corrected chi connectivity index (χ4v) is 2.47. The number of hydrogen-bond acceptors (Lipinski definition) is 0. The van der Waals surface area contributed by atoms with Crippen molar-refractivity contribution in [3.63, 3.8) is 0 Å². The molecule has 0 aliphatic rings. The number of nitrogens with zero attached hydrogens (tertiary/aromatic N) is 2. The van der Waals surface area contributed by atoms with Crippen molar-refractivity contribution in [2.24, 2.45) is 0 Å². The van der Waals surface area contributed by atoms with Crippen LogP contribution in [0.1, 0.15) is 0 Å². The number of benzene rings is 2. The van der Waals surface area contributed by atoms with Gasteiger partial charge in [-0.2, -0.15) is 0 Å². The van der Waals surface area contributed by atoms with E-state index in [-0.39, 0.29) is 0 Å². The summed E-state index contributed by atoms with van der Waals surface area (Å²) in [6, 6.07) is 19.7. The molecule has 0 bridgehead atoms. The van der Waals surface area contributed by atoms with E-state index in [1.807, 2.05) is 60.7 Å². The molecule has 0 aliphatic carbocycles. The number of H-pyrrole nitrogens is 2. The molecule has 0 unspecified atom stereocenters. The molecule has 4 rings (SSSR count). The monoisotopic (exact) mass is 260 g/mol. The van der Waals surface area contributed by atoms with Crippen LogP contribution in [0.4, 0.5) is 11.6 Å². The Morgan fingerprint density at radius 2 is 1.15 bits per heavy atom. The third-order valence-electron chi connectivity index (χ3n) is 3.49. The van der Waals surface area contributed by atoms with E-state index in [0.717, 1.165) is 26.5 Å². The van der Waals surface area contributed by atoms with Gasteiger partial charge in [0.05, 0.1) is 0 Å². The zero-order chi connectivity index (χ0) is 13.5. The lowest BCUT2D eigenvalue weighted by atomic mass is 10.2. The highest BCUT2D eigenvalue weighted by Gasteiger charge is 2.10. The van der Waals surface area contributed by atoms with Gasteiger partial charge in [0, 0.05) is 22.9 Å². The van der Waals surface area contributed by atoms with Gasteiger partial charge < -0.3 is 10.2 Å². The molecule has 0 amide bonds. The third kappa shape index (κ3) is 1.62. The van der Waals surface area contributed by atoms with Crippen LogP contribution in [-0.2, 0) is 0 Å². The summed E-state index contributed by atoms with van der Waals surface area (Å²) in [6.07, 6.45) is 0. The first kappa shape index (κ1) is 11.0. The zero-order valence-electron chi connectivity index (χ0n) is 10.7. The van der Waals surface area contributed by atoms with Crippen LogP contribution in [0.5, 0.6) is 0 Å². The predicted molar refractivity (Wildman–Crippen MR) is 81.4 cm³/mol. The molecule has 0 aliphatic heterocycles. The van der Waals surface area contributed by atoms with Gasteiger partial charge >= 0.3 is 0 Å². The van der Waals surface area contributed by atoms with Crippen molar-refractivity contribution < 1.29 is 0 Å². The van der Waals surface area contributed by atoms with Crippen LogP contribution in [0.15, 0.2) is 60.7 Å². The molecule has 0 atom stereocenters. The van der Waals surface area contributed by atoms with Gasteiger partial charge in [-0.15, -0.1) is 0 Å². The number of nitrogens with one attached hydrogen (secondary N) is 2. The lowest BCUT2D eigenvalue weighted by molar-refractivity contribution is 0.985. The molecule has 96 valence electrons. The van der Waals surface area contributed by atoms with Crippen molar-refractivity contribution in [1.82, 2.24) is 14.7 Å². The van der Waals surface area contributed by atoms with Crippen molar-refractivity contribution in [3.8, 4) is 0 Å². The molecule has 4 nitrogen and oxygen atoms in total. The molecule has 4 heteroatoms. The number of aromatic nitrogens is 2. The lowest BCUT2D eigenvalue weighted by Crippen LogP contribution is -1.96. The van der Waals surface area contributed by atoms with Gasteiger partial charge in [0.15, 0.2) is 0 Å². The predicted octanol–water partition coefficient (Wildman–Crippen LogP) is 4.51. The largest absolute Gasteiger partial charge is 0.642 e. The van der Waals surface area contributed by atoms with Crippen LogP contribution in [-0.4, -0.2) is 9.97 Å². The van der Waals surface area contributed by atoms with Gasteiger partial charge in [-0.3, -0.25) is 9.97 Å². The maximum atomic E-state index is 10.4. The fourth-order valence-electron chi connectivity index (χ4n) is 2.47. The van der Waals surface area contributed by atoms with E-state index in [4.69, 9.17) is 0 Å².